The number of ether oxygens (including phenoxy) is 1. The Kier molecular flexibility index (Phi) is 4.32. The maximum Gasteiger partial charge on any atom is 0.313 e. The summed E-state index contributed by atoms with van der Waals surface area (Å²) < 4.78 is 19.2. The van der Waals surface area contributed by atoms with Gasteiger partial charge in [0.25, 0.3) is 0 Å². The van der Waals surface area contributed by atoms with Crippen LogP contribution >= 0.6 is 0 Å². The van der Waals surface area contributed by atoms with Gasteiger partial charge in [-0.25, -0.2) is 4.39 Å². The minimum absolute atomic E-state index is 0.0346. The van der Waals surface area contributed by atoms with Gasteiger partial charge >= 0.3 is 5.69 Å². The van der Waals surface area contributed by atoms with Crippen LogP contribution in [0.15, 0.2) is 12.1 Å². The predicted octanol–water partition coefficient (Wildman–Crippen LogP) is 2.48. The summed E-state index contributed by atoms with van der Waals surface area (Å²) in [6, 6.07) is 2.24. The first-order valence-electron chi connectivity index (χ1n) is 6.83. The number of hydrogen-bond donors (Lipinski definition) is 1. The summed E-state index contributed by atoms with van der Waals surface area (Å²) in [5.74, 6) is -0.614. The Morgan fingerprint density at radius 2 is 2.14 bits per heavy atom. The predicted molar refractivity (Wildman–Crippen MR) is 76.3 cm³/mol. The quantitative estimate of drug-likeness (QED) is 0.685. The minimum Gasteiger partial charge on any atom is -0.490 e. The van der Waals surface area contributed by atoms with Crippen LogP contribution in [-0.2, 0) is 0 Å². The smallest absolute Gasteiger partial charge is 0.313 e. The lowest BCUT2D eigenvalue weighted by molar-refractivity contribution is -0.385. The molecule has 21 heavy (non-hydrogen) atoms. The molecule has 7 heteroatoms. The Bertz CT molecular complexity index is 548. The van der Waals surface area contributed by atoms with Crippen LogP contribution in [-0.4, -0.2) is 35.8 Å². The molecule has 1 fully saturated rings. The lowest BCUT2D eigenvalue weighted by Gasteiger charge is -2.25. The van der Waals surface area contributed by atoms with Gasteiger partial charge in [-0.15, -0.1) is 0 Å². The summed E-state index contributed by atoms with van der Waals surface area (Å²) in [6.07, 6.45) is 1.90. The van der Waals surface area contributed by atoms with E-state index in [1.54, 1.807) is 11.8 Å². The van der Waals surface area contributed by atoms with E-state index in [0.29, 0.717) is 25.9 Å². The molecule has 1 saturated heterocycles. The zero-order valence-electron chi connectivity index (χ0n) is 12.1. The van der Waals surface area contributed by atoms with E-state index in [4.69, 9.17) is 4.74 Å². The number of hydrogen-bond acceptors (Lipinski definition) is 5. The molecule has 2 rings (SSSR count). The van der Waals surface area contributed by atoms with Crippen molar-refractivity contribution in [3.63, 3.8) is 0 Å². The summed E-state index contributed by atoms with van der Waals surface area (Å²) in [6.45, 7) is 2.85. The summed E-state index contributed by atoms with van der Waals surface area (Å²) >= 11 is 0. The van der Waals surface area contributed by atoms with E-state index >= 15 is 0 Å². The van der Waals surface area contributed by atoms with Crippen molar-refractivity contribution in [3.8, 4) is 5.75 Å². The first kappa shape index (κ1) is 15.5. The molecule has 0 aromatic heterocycles. The van der Waals surface area contributed by atoms with Crippen molar-refractivity contribution in [2.24, 2.45) is 0 Å². The van der Waals surface area contributed by atoms with Gasteiger partial charge in [0.05, 0.1) is 29.4 Å². The molecule has 0 amide bonds. The van der Waals surface area contributed by atoms with Crippen LogP contribution in [0.4, 0.5) is 15.8 Å². The molecule has 0 spiro atoms. The molecular weight excluding hydrogens is 279 g/mol. The van der Waals surface area contributed by atoms with Gasteiger partial charge in [0.1, 0.15) is 0 Å². The molecule has 116 valence electrons. The molecular formula is C14H19FN2O4. The number of anilines is 1. The number of rotatable bonds is 3. The van der Waals surface area contributed by atoms with E-state index in [-0.39, 0.29) is 17.1 Å². The van der Waals surface area contributed by atoms with Gasteiger partial charge in [-0.3, -0.25) is 10.1 Å². The summed E-state index contributed by atoms with van der Waals surface area (Å²) in [4.78, 5) is 12.0. The van der Waals surface area contributed by atoms with Gasteiger partial charge in [-0.2, -0.15) is 0 Å². The van der Waals surface area contributed by atoms with Gasteiger partial charge in [0.2, 0.25) is 0 Å². The van der Waals surface area contributed by atoms with Crippen molar-refractivity contribution in [2.45, 2.75) is 31.8 Å². The van der Waals surface area contributed by atoms with Crippen LogP contribution in [0.5, 0.6) is 5.75 Å². The van der Waals surface area contributed by atoms with E-state index in [1.165, 1.54) is 13.2 Å². The molecule has 1 aromatic rings. The summed E-state index contributed by atoms with van der Waals surface area (Å²) in [5.41, 5.74) is -0.869. The van der Waals surface area contributed by atoms with Crippen LogP contribution in [0.1, 0.15) is 26.2 Å². The molecule has 1 N–H and O–H groups in total. The molecule has 1 unspecified atom stereocenters. The second kappa shape index (κ2) is 5.85. The van der Waals surface area contributed by atoms with Crippen molar-refractivity contribution in [2.75, 3.05) is 25.1 Å². The van der Waals surface area contributed by atoms with Gasteiger partial charge in [0.15, 0.2) is 11.6 Å². The van der Waals surface area contributed by atoms with Gasteiger partial charge in [-0.05, 0) is 26.2 Å². The number of halogens is 1. The van der Waals surface area contributed by atoms with E-state index in [1.807, 2.05) is 0 Å². The Balaban J connectivity index is 2.33. The number of methoxy groups -OCH3 is 1. The SMILES string of the molecule is COc1cc(N2CCCC(C)(O)CC2)c(F)cc1[N+](=O)[O-]. The molecule has 0 aliphatic carbocycles. The lowest BCUT2D eigenvalue weighted by Crippen LogP contribution is -2.28. The van der Waals surface area contributed by atoms with E-state index in [9.17, 15) is 19.6 Å². The summed E-state index contributed by atoms with van der Waals surface area (Å²) in [7, 11) is 1.32. The normalized spacial score (nSPS) is 22.8. The van der Waals surface area contributed by atoms with Gasteiger partial charge < -0.3 is 14.7 Å². The highest BCUT2D eigenvalue weighted by atomic mass is 19.1. The number of benzene rings is 1. The molecule has 6 nitrogen and oxygen atoms in total. The van der Waals surface area contributed by atoms with E-state index in [2.05, 4.69) is 0 Å². The van der Waals surface area contributed by atoms with Crippen molar-refractivity contribution < 1.29 is 19.2 Å². The Hall–Kier alpha value is -1.89. The molecule has 0 bridgehead atoms. The van der Waals surface area contributed by atoms with Crippen molar-refractivity contribution in [3.05, 3.63) is 28.1 Å². The number of nitrogens with zero attached hydrogens (tertiary/aromatic N) is 2. The average molecular weight is 298 g/mol. The van der Waals surface area contributed by atoms with Crippen LogP contribution in [0.2, 0.25) is 0 Å². The minimum atomic E-state index is -0.754. The average Bonchev–Trinajstić information content (AvgIpc) is 2.59. The van der Waals surface area contributed by atoms with Crippen molar-refractivity contribution >= 4 is 11.4 Å². The second-order valence-corrected chi connectivity index (χ2v) is 5.57. The third-order valence-electron chi connectivity index (χ3n) is 3.85. The highest BCUT2D eigenvalue weighted by Gasteiger charge is 2.28. The monoisotopic (exact) mass is 298 g/mol. The van der Waals surface area contributed by atoms with Crippen molar-refractivity contribution in [1.29, 1.82) is 0 Å². The topological polar surface area (TPSA) is 75.8 Å². The zero-order valence-corrected chi connectivity index (χ0v) is 12.1. The second-order valence-electron chi connectivity index (χ2n) is 5.57. The number of nitro benzene ring substituents is 1. The van der Waals surface area contributed by atoms with Crippen LogP contribution in [0.25, 0.3) is 0 Å². The molecule has 1 atom stereocenters. The standard InChI is InChI=1S/C14H19FN2O4/c1-14(18)4-3-6-16(7-5-14)11-9-13(21-2)12(17(19)20)8-10(11)15/h8-9,18H,3-7H2,1-2H3. The number of aliphatic hydroxyl groups is 1. The largest absolute Gasteiger partial charge is 0.490 e. The zero-order chi connectivity index (χ0) is 15.6. The maximum absolute atomic E-state index is 14.2. The third-order valence-corrected chi connectivity index (χ3v) is 3.85. The van der Waals surface area contributed by atoms with Crippen molar-refractivity contribution in [1.82, 2.24) is 0 Å². The van der Waals surface area contributed by atoms with Crippen LogP contribution in [0, 0.1) is 15.9 Å². The first-order chi connectivity index (χ1) is 9.84. The molecule has 1 heterocycles. The fourth-order valence-electron chi connectivity index (χ4n) is 2.58. The van der Waals surface area contributed by atoms with Gasteiger partial charge in [0, 0.05) is 19.2 Å². The van der Waals surface area contributed by atoms with Gasteiger partial charge in [-0.1, -0.05) is 0 Å². The number of nitro groups is 1. The van der Waals surface area contributed by atoms with E-state index in [0.717, 1.165) is 12.5 Å². The Morgan fingerprint density at radius 3 is 2.76 bits per heavy atom. The van der Waals surface area contributed by atoms with Crippen LogP contribution in [0.3, 0.4) is 0 Å². The molecule has 0 radical (unpaired) electrons. The Morgan fingerprint density at radius 1 is 1.43 bits per heavy atom. The molecule has 1 aliphatic heterocycles. The molecule has 1 aromatic carbocycles. The highest BCUT2D eigenvalue weighted by Crippen LogP contribution is 2.35. The van der Waals surface area contributed by atoms with E-state index < -0.39 is 16.3 Å². The van der Waals surface area contributed by atoms with Crippen LogP contribution < -0.4 is 9.64 Å². The highest BCUT2D eigenvalue weighted by molar-refractivity contribution is 5.60. The fraction of sp³-hybridized carbons (Fsp3) is 0.571. The molecule has 1 aliphatic rings. The summed E-state index contributed by atoms with van der Waals surface area (Å²) in [5, 5.41) is 20.9. The first-order valence-corrected chi connectivity index (χ1v) is 6.83. The fourth-order valence-corrected chi connectivity index (χ4v) is 2.58. The maximum atomic E-state index is 14.2. The molecule has 0 saturated carbocycles. The third kappa shape index (κ3) is 3.41. The Labute approximate surface area is 122 Å². The lowest BCUT2D eigenvalue weighted by atomic mass is 9.98.